The molecule has 0 radical (unpaired) electrons. The molecule has 0 heterocycles. The van der Waals surface area contributed by atoms with Gasteiger partial charge in [-0.25, -0.2) is 4.79 Å². The van der Waals surface area contributed by atoms with Gasteiger partial charge in [-0.3, -0.25) is 9.59 Å². The Bertz CT molecular complexity index is 900. The van der Waals surface area contributed by atoms with Crippen LogP contribution in [0.3, 0.4) is 0 Å². The molecule has 0 aliphatic carbocycles. The van der Waals surface area contributed by atoms with Crippen LogP contribution in [0.25, 0.3) is 0 Å². The summed E-state index contributed by atoms with van der Waals surface area (Å²) < 4.78 is 0. The highest BCUT2D eigenvalue weighted by Gasteiger charge is 2.14. The second-order valence-electron chi connectivity index (χ2n) is 8.90. The van der Waals surface area contributed by atoms with Gasteiger partial charge in [0.05, 0.1) is 12.5 Å². The number of ketones is 1. The van der Waals surface area contributed by atoms with E-state index in [1.165, 1.54) is 11.1 Å². The maximum Gasteiger partial charge on any atom is 0.332 e. The Hall–Kier alpha value is -3.03. The number of carbonyl (C=O) groups excluding carboxylic acids is 3. The zero-order chi connectivity index (χ0) is 25.3. The van der Waals surface area contributed by atoms with Gasteiger partial charge in [-0.15, -0.1) is 0 Å². The maximum atomic E-state index is 12.1. The van der Waals surface area contributed by atoms with E-state index in [2.05, 4.69) is 29.7 Å². The van der Waals surface area contributed by atoms with Crippen LogP contribution in [0.15, 0.2) is 54.6 Å². The fourth-order valence-corrected chi connectivity index (χ4v) is 3.77. The molecule has 7 heteroatoms. The van der Waals surface area contributed by atoms with Crippen LogP contribution in [0.2, 0.25) is 0 Å². The van der Waals surface area contributed by atoms with E-state index < -0.39 is 17.9 Å². The summed E-state index contributed by atoms with van der Waals surface area (Å²) in [6.07, 6.45) is 7.29. The molecule has 7 nitrogen and oxygen atoms in total. The van der Waals surface area contributed by atoms with Crippen molar-refractivity contribution in [1.29, 1.82) is 0 Å². The number of Topliss-reactive ketones (excluding diaryl/α,β-unsaturated/α-hetero) is 1. The summed E-state index contributed by atoms with van der Waals surface area (Å²) >= 11 is 0. The lowest BCUT2D eigenvalue weighted by Gasteiger charge is -2.10. The molecule has 2 aromatic rings. The molecule has 0 fully saturated rings. The summed E-state index contributed by atoms with van der Waals surface area (Å²) in [6, 6.07) is 17.9. The summed E-state index contributed by atoms with van der Waals surface area (Å²) in [6.45, 7) is 0.583. The van der Waals surface area contributed by atoms with Crippen molar-refractivity contribution in [3.05, 3.63) is 71.3 Å². The van der Waals surface area contributed by atoms with Crippen molar-refractivity contribution in [2.24, 2.45) is 11.5 Å². The Kier molecular flexibility index (Phi) is 15.7. The molecular weight excluding hydrogens is 454 g/mol. The fourth-order valence-electron chi connectivity index (χ4n) is 3.77. The zero-order valence-corrected chi connectivity index (χ0v) is 20.5. The van der Waals surface area contributed by atoms with E-state index in [-0.39, 0.29) is 32.5 Å². The average molecular weight is 498 g/mol. The number of rotatable bonds is 16. The molecule has 0 aromatic heterocycles. The molecule has 1 amide bonds. The van der Waals surface area contributed by atoms with Gasteiger partial charge in [0, 0.05) is 12.8 Å². The SMILES string of the molecule is C.NCCCC[C@H](N)C(=O)CCCC(=O)ONC(=O)Cc1ccc(CCCCc2ccccc2)cc1. The molecule has 1 atom stereocenters. The second kappa shape index (κ2) is 18.3. The molecule has 0 saturated heterocycles. The van der Waals surface area contributed by atoms with E-state index in [4.69, 9.17) is 16.3 Å². The maximum absolute atomic E-state index is 12.1. The average Bonchev–Trinajstić information content (AvgIpc) is 2.87. The first-order chi connectivity index (χ1) is 17.0. The Labute approximate surface area is 215 Å². The lowest BCUT2D eigenvalue weighted by atomic mass is 10.0. The number of benzene rings is 2. The van der Waals surface area contributed by atoms with Crippen LogP contribution in [0.1, 0.15) is 75.5 Å². The lowest BCUT2D eigenvalue weighted by Crippen LogP contribution is -2.31. The van der Waals surface area contributed by atoms with E-state index in [1.807, 2.05) is 30.3 Å². The quantitative estimate of drug-likeness (QED) is 0.236. The van der Waals surface area contributed by atoms with Crippen LogP contribution in [-0.4, -0.2) is 30.2 Å². The molecule has 0 unspecified atom stereocenters. The lowest BCUT2D eigenvalue weighted by molar-refractivity contribution is -0.158. The number of hydrogen-bond acceptors (Lipinski definition) is 6. The van der Waals surface area contributed by atoms with E-state index in [9.17, 15) is 14.4 Å². The summed E-state index contributed by atoms with van der Waals surface area (Å²) in [5, 5.41) is 0. The third-order valence-corrected chi connectivity index (χ3v) is 5.88. The predicted octanol–water partition coefficient (Wildman–Crippen LogP) is 4.20. The van der Waals surface area contributed by atoms with Gasteiger partial charge < -0.3 is 16.3 Å². The van der Waals surface area contributed by atoms with Gasteiger partial charge in [-0.05, 0) is 68.2 Å². The van der Waals surface area contributed by atoms with Gasteiger partial charge in [-0.2, -0.15) is 5.48 Å². The number of nitrogens with one attached hydrogen (secondary N) is 1. The molecule has 0 aliphatic heterocycles. The number of carbonyl (C=O) groups is 3. The van der Waals surface area contributed by atoms with Gasteiger partial charge >= 0.3 is 5.97 Å². The Morgan fingerprint density at radius 2 is 1.39 bits per heavy atom. The second-order valence-corrected chi connectivity index (χ2v) is 8.90. The first-order valence-corrected chi connectivity index (χ1v) is 12.6. The summed E-state index contributed by atoms with van der Waals surface area (Å²) in [7, 11) is 0. The molecule has 0 saturated carbocycles. The zero-order valence-electron chi connectivity index (χ0n) is 20.5. The number of nitrogens with two attached hydrogens (primary N) is 2. The molecule has 0 aliphatic rings. The number of unbranched alkanes of at least 4 members (excludes halogenated alkanes) is 2. The highest BCUT2D eigenvalue weighted by Crippen LogP contribution is 2.11. The summed E-state index contributed by atoms with van der Waals surface area (Å²) in [5.41, 5.74) is 16.9. The highest BCUT2D eigenvalue weighted by molar-refractivity contribution is 5.84. The van der Waals surface area contributed by atoms with E-state index in [0.717, 1.165) is 44.1 Å². The normalized spacial score (nSPS) is 11.3. The molecule has 5 N–H and O–H groups in total. The topological polar surface area (TPSA) is 125 Å². The first kappa shape index (κ1) is 31.0. The largest absolute Gasteiger partial charge is 0.341 e. The van der Waals surface area contributed by atoms with Crippen molar-refractivity contribution in [1.82, 2.24) is 5.48 Å². The van der Waals surface area contributed by atoms with Crippen molar-refractivity contribution >= 4 is 17.7 Å². The summed E-state index contributed by atoms with van der Waals surface area (Å²) in [4.78, 5) is 40.7. The Morgan fingerprint density at radius 1 is 0.778 bits per heavy atom. The fraction of sp³-hybridized carbons (Fsp3) is 0.483. The highest BCUT2D eigenvalue weighted by atomic mass is 16.7. The van der Waals surface area contributed by atoms with Crippen LogP contribution in [0.5, 0.6) is 0 Å². The van der Waals surface area contributed by atoms with Crippen molar-refractivity contribution in [2.75, 3.05) is 6.54 Å². The van der Waals surface area contributed by atoms with Gasteiger partial charge in [0.15, 0.2) is 0 Å². The van der Waals surface area contributed by atoms with Crippen molar-refractivity contribution in [2.45, 2.75) is 84.1 Å². The number of hydroxylamine groups is 1. The van der Waals surface area contributed by atoms with Crippen LogP contribution in [-0.2, 0) is 38.5 Å². The van der Waals surface area contributed by atoms with E-state index in [1.54, 1.807) is 0 Å². The van der Waals surface area contributed by atoms with Crippen molar-refractivity contribution in [3.63, 3.8) is 0 Å². The van der Waals surface area contributed by atoms with Gasteiger partial charge in [0.1, 0.15) is 5.78 Å². The van der Waals surface area contributed by atoms with E-state index in [0.29, 0.717) is 19.4 Å². The number of aryl methyl sites for hydroxylation is 2. The van der Waals surface area contributed by atoms with Gasteiger partial charge in [0.2, 0.25) is 0 Å². The monoisotopic (exact) mass is 497 g/mol. The minimum atomic E-state index is -0.575. The first-order valence-electron chi connectivity index (χ1n) is 12.6. The minimum absolute atomic E-state index is 0. The predicted molar refractivity (Wildman–Crippen MR) is 144 cm³/mol. The van der Waals surface area contributed by atoms with Crippen LogP contribution in [0.4, 0.5) is 0 Å². The molecule has 0 spiro atoms. The van der Waals surface area contributed by atoms with Crippen LogP contribution >= 0.6 is 0 Å². The summed E-state index contributed by atoms with van der Waals surface area (Å²) in [5.74, 6) is -1.04. The van der Waals surface area contributed by atoms with E-state index >= 15 is 0 Å². The third kappa shape index (κ3) is 13.2. The van der Waals surface area contributed by atoms with Crippen molar-refractivity contribution < 1.29 is 19.2 Å². The molecular formula is C29H43N3O4. The Balaban J connectivity index is 0.00000648. The van der Waals surface area contributed by atoms with Crippen LogP contribution < -0.4 is 16.9 Å². The minimum Gasteiger partial charge on any atom is -0.341 e. The number of hydrogen-bond donors (Lipinski definition) is 3. The van der Waals surface area contributed by atoms with Gasteiger partial charge in [-0.1, -0.05) is 68.4 Å². The molecule has 0 bridgehead atoms. The van der Waals surface area contributed by atoms with Gasteiger partial charge in [0.25, 0.3) is 5.91 Å². The molecule has 36 heavy (non-hydrogen) atoms. The molecule has 2 aromatic carbocycles. The Morgan fingerprint density at radius 3 is 2.03 bits per heavy atom. The van der Waals surface area contributed by atoms with Crippen LogP contribution in [0, 0.1) is 0 Å². The van der Waals surface area contributed by atoms with Crippen molar-refractivity contribution in [3.8, 4) is 0 Å². The standard InChI is InChI=1S/C28H39N3O4.CH4/c29-20-7-6-13-25(30)26(32)14-8-15-28(34)35-31-27(33)21-24-18-16-23(17-19-24)12-5-4-11-22-9-2-1-3-10-22;/h1-3,9-10,16-19,25H,4-8,11-15,20-21,29-30H2,(H,31,33);1H4/t25-;/m0./s1. The molecule has 2 rings (SSSR count). The number of amides is 1. The third-order valence-electron chi connectivity index (χ3n) is 5.88. The molecule has 198 valence electrons. The smallest absolute Gasteiger partial charge is 0.332 e.